The lowest BCUT2D eigenvalue weighted by atomic mass is 10.1. The highest BCUT2D eigenvalue weighted by atomic mass is 16.1. The second-order valence-corrected chi connectivity index (χ2v) is 3.55. The Morgan fingerprint density at radius 1 is 1.39 bits per heavy atom. The summed E-state index contributed by atoms with van der Waals surface area (Å²) in [6, 6.07) is 8.32. The molecule has 0 heterocycles. The third-order valence-corrected chi connectivity index (χ3v) is 2.18. The van der Waals surface area contributed by atoms with Crippen molar-refractivity contribution < 1.29 is 9.59 Å². The molecule has 0 unspecified atom stereocenters. The number of nitrogens with zero attached hydrogens (tertiary/aromatic N) is 1. The number of hydrogen-bond acceptors (Lipinski definition) is 4. The van der Waals surface area contributed by atoms with E-state index in [1.54, 1.807) is 37.4 Å². The lowest BCUT2D eigenvalue weighted by Crippen LogP contribution is -2.15. The fraction of sp³-hybridized carbons (Fsp3) is 0.154. The van der Waals surface area contributed by atoms with Crippen molar-refractivity contribution in [3.8, 4) is 6.07 Å². The number of nitrogens with one attached hydrogen (secondary N) is 2. The summed E-state index contributed by atoms with van der Waals surface area (Å²) in [4.78, 5) is 22.9. The number of rotatable bonds is 4. The van der Waals surface area contributed by atoms with Gasteiger partial charge in [-0.1, -0.05) is 12.1 Å². The molecule has 5 nitrogen and oxygen atoms in total. The van der Waals surface area contributed by atoms with Crippen LogP contribution in [0.5, 0.6) is 0 Å². The van der Waals surface area contributed by atoms with E-state index in [0.29, 0.717) is 11.3 Å². The highest BCUT2D eigenvalue weighted by Gasteiger charge is 2.09. The minimum Gasteiger partial charge on any atom is -0.393 e. The highest BCUT2D eigenvalue weighted by molar-refractivity contribution is 6.07. The van der Waals surface area contributed by atoms with E-state index in [0.717, 1.165) is 0 Å². The van der Waals surface area contributed by atoms with Crippen molar-refractivity contribution in [3.05, 3.63) is 41.6 Å². The Labute approximate surface area is 105 Å². The third kappa shape index (κ3) is 3.46. The molecule has 0 saturated carbocycles. The summed E-state index contributed by atoms with van der Waals surface area (Å²) in [6.45, 7) is 1.45. The molecule has 0 bridgehead atoms. The Balaban J connectivity index is 2.89. The summed E-state index contributed by atoms with van der Waals surface area (Å²) in [5.74, 6) is -0.607. The molecule has 92 valence electrons. The van der Waals surface area contributed by atoms with Gasteiger partial charge in [-0.05, 0) is 19.1 Å². The van der Waals surface area contributed by atoms with E-state index in [2.05, 4.69) is 10.6 Å². The van der Waals surface area contributed by atoms with E-state index in [1.807, 2.05) is 0 Å². The minimum absolute atomic E-state index is 0.0364. The predicted octanol–water partition coefficient (Wildman–Crippen LogP) is 1.45. The van der Waals surface area contributed by atoms with Crippen molar-refractivity contribution in [2.45, 2.75) is 6.92 Å². The molecule has 5 heteroatoms. The van der Waals surface area contributed by atoms with Crippen molar-refractivity contribution >= 4 is 17.4 Å². The van der Waals surface area contributed by atoms with Gasteiger partial charge in [-0.15, -0.1) is 0 Å². The lowest BCUT2D eigenvalue weighted by molar-refractivity contribution is -0.112. The standard InChI is InChI=1S/C13H13N3O2/c1-9(17)10-4-3-5-12(6-10)16-13(18)11(7-14)8-15-2/h3-6,8,15H,1-2H3,(H,16,18)/b11-8-. The van der Waals surface area contributed by atoms with Crippen molar-refractivity contribution in [1.82, 2.24) is 5.32 Å². The van der Waals surface area contributed by atoms with Gasteiger partial charge in [-0.25, -0.2) is 0 Å². The molecule has 0 atom stereocenters. The van der Waals surface area contributed by atoms with Crippen molar-refractivity contribution in [2.75, 3.05) is 12.4 Å². The molecule has 0 fully saturated rings. The second-order valence-electron chi connectivity index (χ2n) is 3.55. The first kappa shape index (κ1) is 13.5. The smallest absolute Gasteiger partial charge is 0.267 e. The normalized spacial score (nSPS) is 10.4. The molecule has 0 spiro atoms. The van der Waals surface area contributed by atoms with Gasteiger partial charge in [0.05, 0.1) is 0 Å². The quantitative estimate of drug-likeness (QED) is 0.476. The van der Waals surface area contributed by atoms with Crippen LogP contribution in [0.2, 0.25) is 0 Å². The number of anilines is 1. The fourth-order valence-corrected chi connectivity index (χ4v) is 1.31. The first-order valence-electron chi connectivity index (χ1n) is 5.28. The van der Waals surface area contributed by atoms with Crippen LogP contribution in [0.4, 0.5) is 5.69 Å². The number of amides is 1. The Morgan fingerprint density at radius 2 is 2.11 bits per heavy atom. The average molecular weight is 243 g/mol. The van der Waals surface area contributed by atoms with Crippen LogP contribution >= 0.6 is 0 Å². The van der Waals surface area contributed by atoms with Crippen LogP contribution in [-0.2, 0) is 4.79 Å². The van der Waals surface area contributed by atoms with Gasteiger partial charge < -0.3 is 10.6 Å². The molecular weight excluding hydrogens is 230 g/mol. The van der Waals surface area contributed by atoms with Gasteiger partial charge in [0.1, 0.15) is 11.6 Å². The Morgan fingerprint density at radius 3 is 2.67 bits per heavy atom. The Bertz CT molecular complexity index is 541. The zero-order valence-corrected chi connectivity index (χ0v) is 10.2. The summed E-state index contributed by atoms with van der Waals surface area (Å²) in [6.07, 6.45) is 1.31. The highest BCUT2D eigenvalue weighted by Crippen LogP contribution is 2.12. The van der Waals surface area contributed by atoms with E-state index in [4.69, 9.17) is 5.26 Å². The maximum absolute atomic E-state index is 11.7. The third-order valence-electron chi connectivity index (χ3n) is 2.18. The summed E-state index contributed by atoms with van der Waals surface area (Å²) in [5, 5.41) is 13.9. The number of hydrogen-bond donors (Lipinski definition) is 2. The van der Waals surface area contributed by atoms with E-state index < -0.39 is 5.91 Å². The van der Waals surface area contributed by atoms with Gasteiger partial charge in [0.25, 0.3) is 5.91 Å². The first-order chi connectivity index (χ1) is 8.58. The zero-order chi connectivity index (χ0) is 13.5. The van der Waals surface area contributed by atoms with E-state index in [1.165, 1.54) is 13.1 Å². The van der Waals surface area contributed by atoms with Crippen LogP contribution in [0.15, 0.2) is 36.0 Å². The number of carbonyl (C=O) groups is 2. The molecule has 2 N–H and O–H groups in total. The van der Waals surface area contributed by atoms with Gasteiger partial charge in [0, 0.05) is 24.5 Å². The number of Topliss-reactive ketones (excluding diaryl/α,β-unsaturated/α-hetero) is 1. The molecular formula is C13H13N3O2. The summed E-state index contributed by atoms with van der Waals surface area (Å²) in [5.41, 5.74) is 0.944. The van der Waals surface area contributed by atoms with Gasteiger partial charge in [0.15, 0.2) is 5.78 Å². The predicted molar refractivity (Wildman–Crippen MR) is 67.8 cm³/mol. The molecule has 1 amide bonds. The van der Waals surface area contributed by atoms with Crippen LogP contribution < -0.4 is 10.6 Å². The van der Waals surface area contributed by atoms with Gasteiger partial charge >= 0.3 is 0 Å². The maximum atomic E-state index is 11.7. The monoisotopic (exact) mass is 243 g/mol. The molecule has 1 aromatic carbocycles. The Kier molecular flexibility index (Phi) is 4.64. The average Bonchev–Trinajstić information content (AvgIpc) is 2.36. The molecule has 1 aromatic rings. The molecule has 0 radical (unpaired) electrons. The Hall–Kier alpha value is -2.61. The molecule has 18 heavy (non-hydrogen) atoms. The molecule has 0 aliphatic rings. The lowest BCUT2D eigenvalue weighted by Gasteiger charge is -2.05. The zero-order valence-electron chi connectivity index (χ0n) is 10.2. The van der Waals surface area contributed by atoms with Crippen molar-refractivity contribution in [2.24, 2.45) is 0 Å². The van der Waals surface area contributed by atoms with Crippen LogP contribution in [0.25, 0.3) is 0 Å². The SMILES string of the molecule is CN/C=C(/C#N)C(=O)Nc1cccc(C(C)=O)c1. The van der Waals surface area contributed by atoms with Crippen LogP contribution in [0.1, 0.15) is 17.3 Å². The maximum Gasteiger partial charge on any atom is 0.267 e. The van der Waals surface area contributed by atoms with Crippen LogP contribution in [-0.4, -0.2) is 18.7 Å². The molecule has 0 aliphatic carbocycles. The van der Waals surface area contributed by atoms with Gasteiger partial charge in [-0.2, -0.15) is 5.26 Å². The first-order valence-corrected chi connectivity index (χ1v) is 5.28. The van der Waals surface area contributed by atoms with Crippen LogP contribution in [0, 0.1) is 11.3 Å². The summed E-state index contributed by atoms with van der Waals surface area (Å²) >= 11 is 0. The van der Waals surface area contributed by atoms with Gasteiger partial charge in [0.2, 0.25) is 0 Å². The number of ketones is 1. The fourth-order valence-electron chi connectivity index (χ4n) is 1.31. The molecule has 0 aliphatic heterocycles. The summed E-state index contributed by atoms with van der Waals surface area (Å²) < 4.78 is 0. The number of carbonyl (C=O) groups excluding carboxylic acids is 2. The molecule has 1 rings (SSSR count). The topological polar surface area (TPSA) is 82.0 Å². The van der Waals surface area contributed by atoms with Crippen molar-refractivity contribution in [1.29, 1.82) is 5.26 Å². The minimum atomic E-state index is -0.521. The molecule has 0 aromatic heterocycles. The molecule has 0 saturated heterocycles. The van der Waals surface area contributed by atoms with E-state index in [-0.39, 0.29) is 11.4 Å². The summed E-state index contributed by atoms with van der Waals surface area (Å²) in [7, 11) is 1.60. The second kappa shape index (κ2) is 6.21. The van der Waals surface area contributed by atoms with Crippen molar-refractivity contribution in [3.63, 3.8) is 0 Å². The van der Waals surface area contributed by atoms with Gasteiger partial charge in [-0.3, -0.25) is 9.59 Å². The number of nitriles is 1. The van der Waals surface area contributed by atoms with E-state index >= 15 is 0 Å². The van der Waals surface area contributed by atoms with E-state index in [9.17, 15) is 9.59 Å². The number of benzene rings is 1. The largest absolute Gasteiger partial charge is 0.393 e. The van der Waals surface area contributed by atoms with Crippen LogP contribution in [0.3, 0.4) is 0 Å².